The van der Waals surface area contributed by atoms with Crippen LogP contribution in [0.5, 0.6) is 0 Å². The van der Waals surface area contributed by atoms with E-state index in [2.05, 4.69) is 6.92 Å². The van der Waals surface area contributed by atoms with Crippen molar-refractivity contribution in [1.29, 1.82) is 0 Å². The third-order valence-electron chi connectivity index (χ3n) is 2.30. The maximum atomic E-state index is 5.24. The molecule has 0 aromatic carbocycles. The molecule has 1 aliphatic carbocycles. The zero-order valence-electron chi connectivity index (χ0n) is 6.39. The average Bonchev–Trinajstić information content (AvgIpc) is 1.90. The molecule has 0 amide bonds. The molecule has 0 saturated heterocycles. The molecule has 0 N–H and O–H groups in total. The molecule has 1 nitrogen and oxygen atoms in total. The number of rotatable bonds is 1. The van der Waals surface area contributed by atoms with Gasteiger partial charge < -0.3 is 4.74 Å². The van der Waals surface area contributed by atoms with Crippen LogP contribution in [0.2, 0.25) is 0 Å². The molecule has 1 fully saturated rings. The Morgan fingerprint density at radius 2 is 1.45 bits per heavy atom. The van der Waals surface area contributed by atoms with Gasteiger partial charge in [0.15, 0.2) is 0 Å². The zero-order chi connectivity index (χ0) is 6.69. The topological polar surface area (TPSA) is 9.23 Å². The molecule has 0 radical (unpaired) electrons. The summed E-state index contributed by atoms with van der Waals surface area (Å²) < 4.78 is 5.24. The molecule has 0 heterocycles. The number of hydrogen-bond acceptors (Lipinski definition) is 1. The van der Waals surface area contributed by atoms with E-state index in [9.17, 15) is 0 Å². The predicted molar refractivity (Wildman–Crippen MR) is 51.9 cm³/mol. The monoisotopic (exact) mass is 160 g/mol. The highest BCUT2D eigenvalue weighted by atomic mass is 16.5. The maximum absolute atomic E-state index is 5.24. The van der Waals surface area contributed by atoms with Gasteiger partial charge in [0.05, 0.1) is 6.10 Å². The van der Waals surface area contributed by atoms with Crippen molar-refractivity contribution in [2.24, 2.45) is 5.92 Å². The highest BCUT2D eigenvalue weighted by Gasteiger charge is 2.16. The van der Waals surface area contributed by atoms with E-state index in [0.717, 1.165) is 5.92 Å². The molecule has 1 aliphatic rings. The summed E-state index contributed by atoms with van der Waals surface area (Å²) in [6.45, 7) is 2.33. The Bertz CT molecular complexity index is 72.9. The van der Waals surface area contributed by atoms with E-state index in [1.807, 2.05) is 7.11 Å². The van der Waals surface area contributed by atoms with Gasteiger partial charge in [0.2, 0.25) is 0 Å². The van der Waals surface area contributed by atoms with Crippen LogP contribution < -0.4 is 0 Å². The standard InChI is InChI=1S/C8H16O.2CH4/c1-7-3-5-8(9-2)6-4-7;;/h7-8H,3-6H2,1-2H3;2*1H4. The van der Waals surface area contributed by atoms with Crippen molar-refractivity contribution in [3.05, 3.63) is 0 Å². The summed E-state index contributed by atoms with van der Waals surface area (Å²) in [5.41, 5.74) is 0. The van der Waals surface area contributed by atoms with Crippen LogP contribution in [0.4, 0.5) is 0 Å². The van der Waals surface area contributed by atoms with E-state index in [1.54, 1.807) is 0 Å². The van der Waals surface area contributed by atoms with Crippen LogP contribution in [0.25, 0.3) is 0 Å². The summed E-state index contributed by atoms with van der Waals surface area (Å²) in [5.74, 6) is 0.941. The predicted octanol–water partition coefficient (Wildman–Crippen LogP) is 3.48. The highest BCUT2D eigenvalue weighted by Crippen LogP contribution is 2.24. The van der Waals surface area contributed by atoms with Crippen LogP contribution in [0, 0.1) is 5.92 Å². The lowest BCUT2D eigenvalue weighted by atomic mass is 9.89. The third-order valence-corrected chi connectivity index (χ3v) is 2.30. The van der Waals surface area contributed by atoms with Gasteiger partial charge in [-0.05, 0) is 31.6 Å². The lowest BCUT2D eigenvalue weighted by Gasteiger charge is -2.24. The first-order chi connectivity index (χ1) is 4.33. The second kappa shape index (κ2) is 6.66. The van der Waals surface area contributed by atoms with Crippen LogP contribution in [-0.4, -0.2) is 13.2 Å². The van der Waals surface area contributed by atoms with Crippen LogP contribution in [0.15, 0.2) is 0 Å². The van der Waals surface area contributed by atoms with Crippen LogP contribution in [0.1, 0.15) is 47.5 Å². The normalized spacial score (nSPS) is 30.0. The van der Waals surface area contributed by atoms with Crippen molar-refractivity contribution in [3.63, 3.8) is 0 Å². The Balaban J connectivity index is 0. The van der Waals surface area contributed by atoms with Gasteiger partial charge in [-0.15, -0.1) is 0 Å². The first-order valence-electron chi connectivity index (χ1n) is 3.85. The summed E-state index contributed by atoms with van der Waals surface area (Å²) in [6, 6.07) is 0. The number of methoxy groups -OCH3 is 1. The van der Waals surface area contributed by atoms with E-state index >= 15 is 0 Å². The minimum atomic E-state index is 0. The molecule has 70 valence electrons. The summed E-state index contributed by atoms with van der Waals surface area (Å²) in [5, 5.41) is 0. The minimum Gasteiger partial charge on any atom is -0.381 e. The fourth-order valence-corrected chi connectivity index (χ4v) is 1.47. The first-order valence-corrected chi connectivity index (χ1v) is 3.85. The quantitative estimate of drug-likeness (QED) is 0.570. The molecule has 0 atom stereocenters. The van der Waals surface area contributed by atoms with Crippen molar-refractivity contribution >= 4 is 0 Å². The van der Waals surface area contributed by atoms with Gasteiger partial charge in [-0.25, -0.2) is 0 Å². The van der Waals surface area contributed by atoms with Gasteiger partial charge in [-0.1, -0.05) is 21.8 Å². The number of ether oxygens (including phenoxy) is 1. The molecular formula is C10H24O. The molecule has 0 bridgehead atoms. The largest absolute Gasteiger partial charge is 0.381 e. The fraction of sp³-hybridized carbons (Fsp3) is 1.00. The molecule has 1 heteroatoms. The Hall–Kier alpha value is -0.0400. The Morgan fingerprint density at radius 3 is 1.82 bits per heavy atom. The summed E-state index contributed by atoms with van der Waals surface area (Å²) in [6.07, 6.45) is 5.84. The smallest absolute Gasteiger partial charge is 0.0571 e. The lowest BCUT2D eigenvalue weighted by Crippen LogP contribution is -2.18. The summed E-state index contributed by atoms with van der Waals surface area (Å²) >= 11 is 0. The van der Waals surface area contributed by atoms with E-state index in [0.29, 0.717) is 6.10 Å². The zero-order valence-corrected chi connectivity index (χ0v) is 6.39. The Morgan fingerprint density at radius 1 is 1.00 bits per heavy atom. The highest BCUT2D eigenvalue weighted by molar-refractivity contribution is 4.68. The van der Waals surface area contributed by atoms with Crippen molar-refractivity contribution in [3.8, 4) is 0 Å². The SMILES string of the molecule is C.C.COC1CCC(C)CC1. The molecule has 1 rings (SSSR count). The molecular weight excluding hydrogens is 136 g/mol. The Labute approximate surface area is 72.1 Å². The molecule has 11 heavy (non-hydrogen) atoms. The molecule has 0 aromatic heterocycles. The van der Waals surface area contributed by atoms with Crippen LogP contribution in [0.3, 0.4) is 0 Å². The summed E-state index contributed by atoms with van der Waals surface area (Å²) in [7, 11) is 1.82. The minimum absolute atomic E-state index is 0. The van der Waals surface area contributed by atoms with Crippen LogP contribution in [-0.2, 0) is 4.74 Å². The molecule has 0 aromatic rings. The Kier molecular flexibility index (Phi) is 8.20. The van der Waals surface area contributed by atoms with Crippen molar-refractivity contribution in [1.82, 2.24) is 0 Å². The van der Waals surface area contributed by atoms with Crippen molar-refractivity contribution in [2.75, 3.05) is 7.11 Å². The van der Waals surface area contributed by atoms with E-state index in [4.69, 9.17) is 4.74 Å². The van der Waals surface area contributed by atoms with Gasteiger partial charge in [0.1, 0.15) is 0 Å². The molecule has 0 unspecified atom stereocenters. The second-order valence-corrected chi connectivity index (χ2v) is 3.12. The molecule has 1 saturated carbocycles. The molecule has 0 aliphatic heterocycles. The van der Waals surface area contributed by atoms with Gasteiger partial charge >= 0.3 is 0 Å². The lowest BCUT2D eigenvalue weighted by molar-refractivity contribution is 0.0593. The average molecular weight is 160 g/mol. The van der Waals surface area contributed by atoms with E-state index < -0.39 is 0 Å². The van der Waals surface area contributed by atoms with Crippen LogP contribution >= 0.6 is 0 Å². The van der Waals surface area contributed by atoms with Crippen molar-refractivity contribution in [2.45, 2.75) is 53.6 Å². The van der Waals surface area contributed by atoms with E-state index in [1.165, 1.54) is 25.7 Å². The van der Waals surface area contributed by atoms with Gasteiger partial charge in [-0.2, -0.15) is 0 Å². The van der Waals surface area contributed by atoms with E-state index in [-0.39, 0.29) is 14.9 Å². The van der Waals surface area contributed by atoms with Gasteiger partial charge in [-0.3, -0.25) is 0 Å². The summed E-state index contributed by atoms with van der Waals surface area (Å²) in [4.78, 5) is 0. The molecule has 0 spiro atoms. The maximum Gasteiger partial charge on any atom is 0.0571 e. The third kappa shape index (κ3) is 4.41. The van der Waals surface area contributed by atoms with Crippen molar-refractivity contribution < 1.29 is 4.74 Å². The van der Waals surface area contributed by atoms with Gasteiger partial charge in [0, 0.05) is 7.11 Å². The first kappa shape index (κ1) is 13.5. The second-order valence-electron chi connectivity index (χ2n) is 3.12. The van der Waals surface area contributed by atoms with Gasteiger partial charge in [0.25, 0.3) is 0 Å². The number of hydrogen-bond donors (Lipinski definition) is 0. The fourth-order valence-electron chi connectivity index (χ4n) is 1.47.